The Labute approximate surface area is 72.1 Å². The van der Waals surface area contributed by atoms with Crippen molar-refractivity contribution in [1.82, 2.24) is 14.8 Å². The van der Waals surface area contributed by atoms with Gasteiger partial charge in [0.15, 0.2) is 0 Å². The van der Waals surface area contributed by atoms with Crippen LogP contribution in [0.25, 0.3) is 0 Å². The van der Waals surface area contributed by atoms with E-state index in [1.54, 1.807) is 0 Å². The molecule has 1 spiro atoms. The molecule has 2 fully saturated rings. The standard InChI is InChI=1S/C6H13N3O2S/c10-12(11)8-5-6(9-12)2-1-3-7-4-6/h7-9H,1-5H2/t6-/m0/s1. The SMILES string of the molecule is O=S1(=O)NC[C@@]2(CCCNC2)N1. The van der Waals surface area contributed by atoms with E-state index in [1.165, 1.54) is 0 Å². The zero-order valence-corrected chi connectivity index (χ0v) is 7.58. The molecule has 2 aliphatic rings. The molecule has 0 aromatic rings. The summed E-state index contributed by atoms with van der Waals surface area (Å²) in [5.74, 6) is 0. The van der Waals surface area contributed by atoms with E-state index in [4.69, 9.17) is 0 Å². The molecule has 0 aromatic carbocycles. The van der Waals surface area contributed by atoms with Crippen molar-refractivity contribution >= 4 is 10.2 Å². The summed E-state index contributed by atoms with van der Waals surface area (Å²) < 4.78 is 27.2. The molecule has 0 saturated carbocycles. The Bertz CT molecular complexity index is 269. The van der Waals surface area contributed by atoms with Crippen molar-refractivity contribution < 1.29 is 8.42 Å². The minimum absolute atomic E-state index is 0.253. The van der Waals surface area contributed by atoms with E-state index >= 15 is 0 Å². The van der Waals surface area contributed by atoms with Crippen molar-refractivity contribution in [3.05, 3.63) is 0 Å². The van der Waals surface area contributed by atoms with Gasteiger partial charge in [0.2, 0.25) is 0 Å². The number of piperidine rings is 1. The minimum atomic E-state index is -3.19. The minimum Gasteiger partial charge on any atom is -0.315 e. The Morgan fingerprint density at radius 2 is 2.08 bits per heavy atom. The molecule has 3 N–H and O–H groups in total. The van der Waals surface area contributed by atoms with Crippen LogP contribution in [0.15, 0.2) is 0 Å². The third kappa shape index (κ3) is 1.47. The molecule has 6 heteroatoms. The lowest BCUT2D eigenvalue weighted by Gasteiger charge is -2.31. The van der Waals surface area contributed by atoms with Gasteiger partial charge in [-0.25, -0.2) is 4.72 Å². The molecule has 1 atom stereocenters. The number of rotatable bonds is 0. The van der Waals surface area contributed by atoms with E-state index in [1.807, 2.05) is 0 Å². The van der Waals surface area contributed by atoms with Gasteiger partial charge in [-0.1, -0.05) is 0 Å². The average Bonchev–Trinajstić information content (AvgIpc) is 2.29. The summed E-state index contributed by atoms with van der Waals surface area (Å²) in [7, 11) is -3.19. The van der Waals surface area contributed by atoms with Crippen LogP contribution in [0.5, 0.6) is 0 Å². The summed E-state index contributed by atoms with van der Waals surface area (Å²) in [6, 6.07) is 0. The predicted molar refractivity (Wildman–Crippen MR) is 44.9 cm³/mol. The number of hydrogen-bond donors (Lipinski definition) is 3. The van der Waals surface area contributed by atoms with Gasteiger partial charge in [0.25, 0.3) is 10.2 Å². The van der Waals surface area contributed by atoms with E-state index in [0.29, 0.717) is 6.54 Å². The second-order valence-corrected chi connectivity index (χ2v) is 4.99. The van der Waals surface area contributed by atoms with Gasteiger partial charge in [0.05, 0.1) is 5.54 Å². The van der Waals surface area contributed by atoms with Crippen LogP contribution in [0, 0.1) is 0 Å². The van der Waals surface area contributed by atoms with Gasteiger partial charge >= 0.3 is 0 Å². The smallest absolute Gasteiger partial charge is 0.277 e. The maximum Gasteiger partial charge on any atom is 0.277 e. The fraction of sp³-hybridized carbons (Fsp3) is 1.00. The van der Waals surface area contributed by atoms with Gasteiger partial charge in [-0.2, -0.15) is 13.1 Å². The number of nitrogens with one attached hydrogen (secondary N) is 3. The Balaban J connectivity index is 2.13. The molecule has 12 heavy (non-hydrogen) atoms. The molecule has 0 aromatic heterocycles. The fourth-order valence-corrected chi connectivity index (χ4v) is 3.15. The first-order valence-corrected chi connectivity index (χ1v) is 5.60. The molecule has 2 rings (SSSR count). The highest BCUT2D eigenvalue weighted by molar-refractivity contribution is 7.87. The topological polar surface area (TPSA) is 70.2 Å². The van der Waals surface area contributed by atoms with Crippen LogP contribution in [0.3, 0.4) is 0 Å². The third-order valence-electron chi connectivity index (χ3n) is 2.42. The largest absolute Gasteiger partial charge is 0.315 e. The molecule has 0 radical (unpaired) electrons. The van der Waals surface area contributed by atoms with Gasteiger partial charge in [-0.05, 0) is 19.4 Å². The predicted octanol–water partition coefficient (Wildman–Crippen LogP) is -1.45. The summed E-state index contributed by atoms with van der Waals surface area (Å²) in [5.41, 5.74) is -0.253. The van der Waals surface area contributed by atoms with Gasteiger partial charge in [-0.3, -0.25) is 0 Å². The molecule has 0 aliphatic carbocycles. The van der Waals surface area contributed by atoms with E-state index in [9.17, 15) is 8.42 Å². The molecule has 70 valence electrons. The second-order valence-electron chi connectivity index (χ2n) is 3.49. The van der Waals surface area contributed by atoms with Crippen molar-refractivity contribution in [2.75, 3.05) is 19.6 Å². The fourth-order valence-electron chi connectivity index (χ4n) is 1.80. The van der Waals surface area contributed by atoms with Gasteiger partial charge < -0.3 is 5.32 Å². The summed E-state index contributed by atoms with van der Waals surface area (Å²) in [4.78, 5) is 0. The van der Waals surface area contributed by atoms with E-state index < -0.39 is 10.2 Å². The monoisotopic (exact) mass is 191 g/mol. The first-order valence-electron chi connectivity index (χ1n) is 4.11. The lowest BCUT2D eigenvalue weighted by atomic mass is 9.92. The highest BCUT2D eigenvalue weighted by Crippen LogP contribution is 2.19. The van der Waals surface area contributed by atoms with Crippen LogP contribution in [0.1, 0.15) is 12.8 Å². The Morgan fingerprint density at radius 3 is 2.58 bits per heavy atom. The normalized spacial score (nSPS) is 40.3. The summed E-state index contributed by atoms with van der Waals surface area (Å²) in [5, 5.41) is 3.19. The van der Waals surface area contributed by atoms with Gasteiger partial charge in [0, 0.05) is 13.1 Å². The summed E-state index contributed by atoms with van der Waals surface area (Å²) in [6.07, 6.45) is 1.95. The van der Waals surface area contributed by atoms with Crippen molar-refractivity contribution in [1.29, 1.82) is 0 Å². The van der Waals surface area contributed by atoms with Crippen LogP contribution in [-0.2, 0) is 10.2 Å². The molecule has 0 bridgehead atoms. The highest BCUT2D eigenvalue weighted by Gasteiger charge is 2.41. The molecule has 2 aliphatic heterocycles. The van der Waals surface area contributed by atoms with Crippen molar-refractivity contribution in [3.8, 4) is 0 Å². The first kappa shape index (κ1) is 8.43. The van der Waals surface area contributed by atoms with E-state index in [0.717, 1.165) is 25.9 Å². The molecular weight excluding hydrogens is 178 g/mol. The lowest BCUT2D eigenvalue weighted by Crippen LogP contribution is -2.54. The van der Waals surface area contributed by atoms with Crippen LogP contribution < -0.4 is 14.8 Å². The Kier molecular flexibility index (Phi) is 1.87. The Morgan fingerprint density at radius 1 is 1.25 bits per heavy atom. The van der Waals surface area contributed by atoms with Crippen LogP contribution >= 0.6 is 0 Å². The molecule has 5 nitrogen and oxygen atoms in total. The molecule has 0 amide bonds. The zero-order chi connectivity index (χ0) is 8.66. The van der Waals surface area contributed by atoms with Crippen LogP contribution in [0.2, 0.25) is 0 Å². The lowest BCUT2D eigenvalue weighted by molar-refractivity contribution is 0.309. The maximum atomic E-state index is 11.1. The van der Waals surface area contributed by atoms with Gasteiger partial charge in [0.1, 0.15) is 0 Å². The second kappa shape index (κ2) is 2.66. The molecule has 0 unspecified atom stereocenters. The number of hydrogen-bond acceptors (Lipinski definition) is 3. The van der Waals surface area contributed by atoms with Gasteiger partial charge in [-0.15, -0.1) is 0 Å². The van der Waals surface area contributed by atoms with E-state index in [2.05, 4.69) is 14.8 Å². The quantitative estimate of drug-likeness (QED) is 0.438. The van der Waals surface area contributed by atoms with Crippen LogP contribution in [-0.4, -0.2) is 33.6 Å². The van der Waals surface area contributed by atoms with Crippen molar-refractivity contribution in [3.63, 3.8) is 0 Å². The zero-order valence-electron chi connectivity index (χ0n) is 6.76. The molecular formula is C6H13N3O2S. The van der Waals surface area contributed by atoms with E-state index in [-0.39, 0.29) is 5.54 Å². The molecule has 2 saturated heterocycles. The molecule has 2 heterocycles. The Hall–Kier alpha value is -0.170. The highest BCUT2D eigenvalue weighted by atomic mass is 32.2. The van der Waals surface area contributed by atoms with Crippen LogP contribution in [0.4, 0.5) is 0 Å². The summed E-state index contributed by atoms with van der Waals surface area (Å²) >= 11 is 0. The maximum absolute atomic E-state index is 11.1. The first-order chi connectivity index (χ1) is 5.62. The third-order valence-corrected chi connectivity index (χ3v) is 3.65. The summed E-state index contributed by atoms with van der Waals surface area (Å²) in [6.45, 7) is 2.24. The average molecular weight is 191 g/mol. The van der Waals surface area contributed by atoms with Crippen molar-refractivity contribution in [2.24, 2.45) is 0 Å². The van der Waals surface area contributed by atoms with Crippen molar-refractivity contribution in [2.45, 2.75) is 18.4 Å².